The van der Waals surface area contributed by atoms with E-state index in [0.29, 0.717) is 6.61 Å². The first-order valence-electron chi connectivity index (χ1n) is 6.57. The maximum absolute atomic E-state index is 12.0. The quantitative estimate of drug-likeness (QED) is 0.733. The van der Waals surface area contributed by atoms with Crippen molar-refractivity contribution in [2.45, 2.75) is 58.4 Å². The molecule has 0 aromatic heterocycles. The summed E-state index contributed by atoms with van der Waals surface area (Å²) in [7, 11) is 0. The molecule has 3 nitrogen and oxygen atoms in total. The van der Waals surface area contributed by atoms with Gasteiger partial charge in [-0.3, -0.25) is 4.79 Å². The Morgan fingerprint density at radius 1 is 1.38 bits per heavy atom. The number of hydrogen-bond acceptors (Lipinski definition) is 3. The first-order chi connectivity index (χ1) is 7.64. The lowest BCUT2D eigenvalue weighted by atomic mass is 9.77. The van der Waals surface area contributed by atoms with Gasteiger partial charge < -0.3 is 10.1 Å². The molecule has 0 atom stereocenters. The van der Waals surface area contributed by atoms with Crippen LogP contribution in [0.25, 0.3) is 0 Å². The van der Waals surface area contributed by atoms with E-state index in [1.807, 2.05) is 6.92 Å². The lowest BCUT2D eigenvalue weighted by molar-refractivity contribution is -0.153. The van der Waals surface area contributed by atoms with Crippen LogP contribution < -0.4 is 5.32 Å². The van der Waals surface area contributed by atoms with E-state index in [0.717, 1.165) is 44.6 Å². The molecule has 0 aromatic carbocycles. The van der Waals surface area contributed by atoms with Gasteiger partial charge in [-0.15, -0.1) is 0 Å². The summed E-state index contributed by atoms with van der Waals surface area (Å²) in [6.45, 7) is 7.63. The second kappa shape index (κ2) is 6.24. The Labute approximate surface area is 98.9 Å². The molecule has 0 aliphatic heterocycles. The van der Waals surface area contributed by atoms with Crippen molar-refractivity contribution in [3.8, 4) is 0 Å². The number of carbonyl (C=O) groups is 1. The Morgan fingerprint density at radius 3 is 2.50 bits per heavy atom. The zero-order valence-corrected chi connectivity index (χ0v) is 10.8. The molecule has 1 saturated carbocycles. The van der Waals surface area contributed by atoms with Crippen molar-refractivity contribution in [2.75, 3.05) is 13.2 Å². The van der Waals surface area contributed by atoms with Crippen LogP contribution in [0.4, 0.5) is 0 Å². The molecular weight excluding hydrogens is 202 g/mol. The molecular formula is C13H25NO2. The maximum atomic E-state index is 12.0. The predicted molar refractivity (Wildman–Crippen MR) is 65.3 cm³/mol. The predicted octanol–water partition coefficient (Wildman–Crippen LogP) is 2.50. The Bertz CT molecular complexity index is 214. The molecule has 0 unspecified atom stereocenters. The summed E-state index contributed by atoms with van der Waals surface area (Å²) in [5, 5.41) is 3.42. The molecule has 0 bridgehead atoms. The summed E-state index contributed by atoms with van der Waals surface area (Å²) in [6, 6.07) is 0. The average Bonchev–Trinajstić information content (AvgIpc) is 2.29. The van der Waals surface area contributed by atoms with Gasteiger partial charge in [-0.25, -0.2) is 0 Å². The van der Waals surface area contributed by atoms with E-state index in [2.05, 4.69) is 19.2 Å². The molecule has 0 aromatic rings. The summed E-state index contributed by atoms with van der Waals surface area (Å²) in [5.41, 5.74) is -0.390. The van der Waals surface area contributed by atoms with Gasteiger partial charge in [0.2, 0.25) is 0 Å². The zero-order chi connectivity index (χ0) is 12.0. The van der Waals surface area contributed by atoms with E-state index in [9.17, 15) is 4.79 Å². The van der Waals surface area contributed by atoms with Crippen LogP contribution in [-0.2, 0) is 9.53 Å². The minimum Gasteiger partial charge on any atom is -0.465 e. The Balaban J connectivity index is 2.64. The maximum Gasteiger partial charge on any atom is 0.326 e. The molecule has 0 radical (unpaired) electrons. The highest BCUT2D eigenvalue weighted by Gasteiger charge is 2.41. The first-order valence-corrected chi connectivity index (χ1v) is 6.57. The molecule has 1 aliphatic rings. The van der Waals surface area contributed by atoms with E-state index < -0.39 is 5.54 Å². The van der Waals surface area contributed by atoms with Crippen LogP contribution in [0.2, 0.25) is 0 Å². The Kier molecular flexibility index (Phi) is 5.26. The van der Waals surface area contributed by atoms with Crippen LogP contribution in [0.15, 0.2) is 0 Å². The van der Waals surface area contributed by atoms with E-state index in [1.165, 1.54) is 0 Å². The normalized spacial score (nSPS) is 30.1. The fourth-order valence-electron chi connectivity index (χ4n) is 2.34. The van der Waals surface area contributed by atoms with E-state index in [4.69, 9.17) is 4.74 Å². The second-order valence-electron chi connectivity index (χ2n) is 4.91. The van der Waals surface area contributed by atoms with Crippen LogP contribution in [0.3, 0.4) is 0 Å². The highest BCUT2D eigenvalue weighted by atomic mass is 16.5. The number of ether oxygens (including phenoxy) is 1. The van der Waals surface area contributed by atoms with Crippen LogP contribution in [-0.4, -0.2) is 24.7 Å². The minimum absolute atomic E-state index is 0.0460. The standard InChI is InChI=1S/C13H25NO2/c1-4-10-14-13(12(15)16-5-2)8-6-11(3)7-9-13/h11,14H,4-10H2,1-3H3. The van der Waals surface area contributed by atoms with Gasteiger partial charge in [0.05, 0.1) is 6.61 Å². The van der Waals surface area contributed by atoms with Crippen molar-refractivity contribution >= 4 is 5.97 Å². The number of nitrogens with one attached hydrogen (secondary N) is 1. The largest absolute Gasteiger partial charge is 0.465 e. The Morgan fingerprint density at radius 2 is 2.00 bits per heavy atom. The topological polar surface area (TPSA) is 38.3 Å². The lowest BCUT2D eigenvalue weighted by Gasteiger charge is -2.38. The molecule has 1 N–H and O–H groups in total. The van der Waals surface area contributed by atoms with Crippen molar-refractivity contribution in [1.82, 2.24) is 5.32 Å². The highest BCUT2D eigenvalue weighted by Crippen LogP contribution is 2.32. The number of esters is 1. The Hall–Kier alpha value is -0.570. The van der Waals surface area contributed by atoms with Gasteiger partial charge in [-0.05, 0) is 51.5 Å². The zero-order valence-electron chi connectivity index (χ0n) is 10.8. The van der Waals surface area contributed by atoms with Crippen LogP contribution in [0, 0.1) is 5.92 Å². The van der Waals surface area contributed by atoms with E-state index in [1.54, 1.807) is 0 Å². The molecule has 0 spiro atoms. The molecule has 0 amide bonds. The smallest absolute Gasteiger partial charge is 0.326 e. The fraction of sp³-hybridized carbons (Fsp3) is 0.923. The number of hydrogen-bond donors (Lipinski definition) is 1. The van der Waals surface area contributed by atoms with E-state index >= 15 is 0 Å². The summed E-state index contributed by atoms with van der Waals surface area (Å²) in [4.78, 5) is 12.0. The summed E-state index contributed by atoms with van der Waals surface area (Å²) in [6.07, 6.45) is 5.14. The molecule has 0 saturated heterocycles. The average molecular weight is 227 g/mol. The third-order valence-electron chi connectivity index (χ3n) is 3.51. The molecule has 94 valence electrons. The van der Waals surface area contributed by atoms with Crippen LogP contribution in [0.1, 0.15) is 52.9 Å². The van der Waals surface area contributed by atoms with Gasteiger partial charge in [-0.2, -0.15) is 0 Å². The molecule has 3 heteroatoms. The minimum atomic E-state index is -0.390. The highest BCUT2D eigenvalue weighted by molar-refractivity contribution is 5.81. The molecule has 1 aliphatic carbocycles. The molecule has 1 rings (SSSR count). The lowest BCUT2D eigenvalue weighted by Crippen LogP contribution is -2.55. The van der Waals surface area contributed by atoms with E-state index in [-0.39, 0.29) is 5.97 Å². The van der Waals surface area contributed by atoms with Gasteiger partial charge in [-0.1, -0.05) is 13.8 Å². The number of rotatable bonds is 5. The van der Waals surface area contributed by atoms with Gasteiger partial charge in [0.1, 0.15) is 5.54 Å². The van der Waals surface area contributed by atoms with Crippen molar-refractivity contribution in [1.29, 1.82) is 0 Å². The van der Waals surface area contributed by atoms with Crippen molar-refractivity contribution < 1.29 is 9.53 Å². The van der Waals surface area contributed by atoms with Crippen molar-refractivity contribution in [3.05, 3.63) is 0 Å². The third kappa shape index (κ3) is 3.21. The number of carbonyl (C=O) groups excluding carboxylic acids is 1. The van der Waals surface area contributed by atoms with Gasteiger partial charge >= 0.3 is 5.97 Å². The van der Waals surface area contributed by atoms with Crippen molar-refractivity contribution in [3.63, 3.8) is 0 Å². The van der Waals surface area contributed by atoms with Crippen LogP contribution in [0.5, 0.6) is 0 Å². The van der Waals surface area contributed by atoms with Gasteiger partial charge in [0.15, 0.2) is 0 Å². The van der Waals surface area contributed by atoms with Crippen molar-refractivity contribution in [2.24, 2.45) is 5.92 Å². The fourth-order valence-corrected chi connectivity index (χ4v) is 2.34. The van der Waals surface area contributed by atoms with Crippen LogP contribution >= 0.6 is 0 Å². The summed E-state index contributed by atoms with van der Waals surface area (Å²) < 4.78 is 5.22. The SMILES string of the molecule is CCCNC1(C(=O)OCC)CCC(C)CC1. The second-order valence-corrected chi connectivity index (χ2v) is 4.91. The molecule has 1 fully saturated rings. The monoisotopic (exact) mass is 227 g/mol. The van der Waals surface area contributed by atoms with Gasteiger partial charge in [0, 0.05) is 0 Å². The summed E-state index contributed by atoms with van der Waals surface area (Å²) >= 11 is 0. The third-order valence-corrected chi connectivity index (χ3v) is 3.51. The molecule has 0 heterocycles. The summed E-state index contributed by atoms with van der Waals surface area (Å²) in [5.74, 6) is 0.696. The first kappa shape index (κ1) is 13.5. The molecule has 16 heavy (non-hydrogen) atoms. The van der Waals surface area contributed by atoms with Gasteiger partial charge in [0.25, 0.3) is 0 Å².